The maximum atomic E-state index is 13.4. The predicted molar refractivity (Wildman–Crippen MR) is 112 cm³/mol. The third kappa shape index (κ3) is 5.35. The molecule has 4 nitrogen and oxygen atoms in total. The van der Waals surface area contributed by atoms with Crippen LogP contribution in [0.1, 0.15) is 42.7 Å². The summed E-state index contributed by atoms with van der Waals surface area (Å²) in [6.45, 7) is 1.32. The second-order valence-corrected chi connectivity index (χ2v) is 7.59. The van der Waals surface area contributed by atoms with Crippen LogP contribution in [0, 0.1) is 0 Å². The van der Waals surface area contributed by atoms with Crippen LogP contribution in [0.25, 0.3) is 0 Å². The summed E-state index contributed by atoms with van der Waals surface area (Å²) in [6, 6.07) is 20.0. The van der Waals surface area contributed by atoms with E-state index in [9.17, 15) is 9.59 Å². The summed E-state index contributed by atoms with van der Waals surface area (Å²) in [5.74, 6) is 0.388. The van der Waals surface area contributed by atoms with E-state index in [1.807, 2.05) is 65.6 Å². The molecule has 28 heavy (non-hydrogen) atoms. The molecule has 0 spiro atoms. The quantitative estimate of drug-likeness (QED) is 0.718. The van der Waals surface area contributed by atoms with Crippen molar-refractivity contribution < 1.29 is 9.59 Å². The van der Waals surface area contributed by atoms with Gasteiger partial charge in [-0.15, -0.1) is 11.6 Å². The van der Waals surface area contributed by atoms with Gasteiger partial charge >= 0.3 is 0 Å². The van der Waals surface area contributed by atoms with Crippen molar-refractivity contribution in [2.45, 2.75) is 37.6 Å². The lowest BCUT2D eigenvalue weighted by atomic mass is 9.89. The fraction of sp³-hybridized carbons (Fsp3) is 0.391. The van der Waals surface area contributed by atoms with E-state index in [1.54, 1.807) is 0 Å². The van der Waals surface area contributed by atoms with Crippen LogP contribution in [0.15, 0.2) is 60.7 Å². The number of carbonyl (C=O) groups excluding carboxylic acids is 2. The maximum Gasteiger partial charge on any atom is 0.234 e. The molecule has 0 bridgehead atoms. The van der Waals surface area contributed by atoms with Gasteiger partial charge in [0.05, 0.1) is 5.92 Å². The van der Waals surface area contributed by atoms with Crippen molar-refractivity contribution in [3.63, 3.8) is 0 Å². The smallest absolute Gasteiger partial charge is 0.234 e. The van der Waals surface area contributed by atoms with E-state index in [4.69, 9.17) is 11.6 Å². The minimum Gasteiger partial charge on any atom is -0.353 e. The summed E-state index contributed by atoms with van der Waals surface area (Å²) >= 11 is 5.65. The molecule has 1 heterocycles. The third-order valence-electron chi connectivity index (χ3n) is 5.22. The monoisotopic (exact) mass is 398 g/mol. The normalized spacial score (nSPS) is 14.9. The zero-order valence-corrected chi connectivity index (χ0v) is 16.8. The Labute approximate surface area is 171 Å². The van der Waals surface area contributed by atoms with E-state index in [-0.39, 0.29) is 23.8 Å². The molecule has 1 N–H and O–H groups in total. The average molecular weight is 399 g/mol. The number of amides is 2. The van der Waals surface area contributed by atoms with Crippen LogP contribution in [0.2, 0.25) is 0 Å². The molecule has 2 amide bonds. The lowest BCUT2D eigenvalue weighted by Gasteiger charge is -2.35. The highest BCUT2D eigenvalue weighted by molar-refractivity contribution is 6.17. The number of carbonyl (C=O) groups is 2. The van der Waals surface area contributed by atoms with Crippen molar-refractivity contribution in [3.8, 4) is 0 Å². The van der Waals surface area contributed by atoms with E-state index in [0.717, 1.165) is 24.0 Å². The number of halogens is 1. The molecule has 1 saturated heterocycles. The molecule has 1 fully saturated rings. The first kappa shape index (κ1) is 20.4. The summed E-state index contributed by atoms with van der Waals surface area (Å²) < 4.78 is 0. The van der Waals surface area contributed by atoms with Gasteiger partial charge in [-0.1, -0.05) is 60.7 Å². The van der Waals surface area contributed by atoms with Crippen LogP contribution in [0.3, 0.4) is 0 Å². The van der Waals surface area contributed by atoms with Gasteiger partial charge in [0, 0.05) is 31.4 Å². The Bertz CT molecular complexity index is 719. The zero-order chi connectivity index (χ0) is 19.8. The second kappa shape index (κ2) is 10.3. The molecule has 0 aromatic heterocycles. The molecule has 0 radical (unpaired) electrons. The molecule has 0 saturated carbocycles. The van der Waals surface area contributed by atoms with Crippen LogP contribution in [-0.2, 0) is 9.59 Å². The van der Waals surface area contributed by atoms with Crippen molar-refractivity contribution in [3.05, 3.63) is 71.8 Å². The topological polar surface area (TPSA) is 49.4 Å². The lowest BCUT2D eigenvalue weighted by Crippen LogP contribution is -2.47. The molecule has 0 aliphatic carbocycles. The van der Waals surface area contributed by atoms with Gasteiger partial charge in [-0.2, -0.15) is 0 Å². The Morgan fingerprint density at radius 1 is 0.964 bits per heavy atom. The van der Waals surface area contributed by atoms with Crippen LogP contribution < -0.4 is 5.32 Å². The number of rotatable bonds is 7. The molecule has 5 heteroatoms. The highest BCUT2D eigenvalue weighted by Crippen LogP contribution is 2.28. The molecule has 0 unspecified atom stereocenters. The van der Waals surface area contributed by atoms with Gasteiger partial charge in [0.1, 0.15) is 0 Å². The zero-order valence-electron chi connectivity index (χ0n) is 16.0. The van der Waals surface area contributed by atoms with Gasteiger partial charge in [-0.05, 0) is 30.4 Å². The maximum absolute atomic E-state index is 13.4. The van der Waals surface area contributed by atoms with Crippen LogP contribution >= 0.6 is 11.6 Å². The van der Waals surface area contributed by atoms with Gasteiger partial charge in [-0.25, -0.2) is 0 Å². The van der Waals surface area contributed by atoms with Crippen molar-refractivity contribution in [2.75, 3.05) is 19.0 Å². The largest absolute Gasteiger partial charge is 0.353 e. The van der Waals surface area contributed by atoms with E-state index >= 15 is 0 Å². The number of nitrogens with one attached hydrogen (secondary N) is 1. The Morgan fingerprint density at radius 3 is 2.00 bits per heavy atom. The number of hydrogen-bond donors (Lipinski definition) is 1. The first-order valence-corrected chi connectivity index (χ1v) is 10.5. The summed E-state index contributed by atoms with van der Waals surface area (Å²) in [5, 5.41) is 3.07. The van der Waals surface area contributed by atoms with Gasteiger partial charge < -0.3 is 10.2 Å². The molecular formula is C23H27ClN2O2. The predicted octanol–water partition coefficient (Wildman–Crippen LogP) is 3.94. The molecule has 1 aliphatic rings. The van der Waals surface area contributed by atoms with E-state index in [2.05, 4.69) is 5.32 Å². The van der Waals surface area contributed by atoms with Gasteiger partial charge in [0.25, 0.3) is 0 Å². The highest BCUT2D eigenvalue weighted by Gasteiger charge is 2.30. The Balaban J connectivity index is 1.66. The van der Waals surface area contributed by atoms with Crippen LogP contribution in [0.5, 0.6) is 0 Å². The van der Waals surface area contributed by atoms with Gasteiger partial charge in [0.15, 0.2) is 0 Å². The fourth-order valence-electron chi connectivity index (χ4n) is 3.72. The number of likely N-dealkylation sites (tertiary alicyclic amines) is 1. The van der Waals surface area contributed by atoms with Crippen LogP contribution in [-0.4, -0.2) is 41.7 Å². The number of hydrogen-bond acceptors (Lipinski definition) is 2. The summed E-state index contributed by atoms with van der Waals surface area (Å²) in [5.41, 5.74) is 2.02. The summed E-state index contributed by atoms with van der Waals surface area (Å²) in [7, 11) is 0. The number of nitrogens with zero attached hydrogens (tertiary/aromatic N) is 1. The Kier molecular flexibility index (Phi) is 7.49. The van der Waals surface area contributed by atoms with Crippen LogP contribution in [0.4, 0.5) is 0 Å². The Hall–Kier alpha value is -2.33. The number of benzene rings is 2. The number of piperidine rings is 1. The fourth-order valence-corrected chi connectivity index (χ4v) is 3.86. The molecule has 1 aliphatic heterocycles. The minimum absolute atomic E-state index is 0.0527. The number of alkyl halides is 1. The SMILES string of the molecule is O=C(CCCCl)NC1CCN(C(=O)C(c2ccccc2)c2ccccc2)CC1. The first-order valence-electron chi connectivity index (χ1n) is 9.93. The average Bonchev–Trinajstić information content (AvgIpc) is 2.74. The van der Waals surface area contributed by atoms with E-state index < -0.39 is 0 Å². The minimum atomic E-state index is -0.294. The molecule has 3 rings (SSSR count). The van der Waals surface area contributed by atoms with E-state index in [1.165, 1.54) is 0 Å². The molecular weight excluding hydrogens is 372 g/mol. The van der Waals surface area contributed by atoms with Crippen molar-refractivity contribution in [2.24, 2.45) is 0 Å². The summed E-state index contributed by atoms with van der Waals surface area (Å²) in [4.78, 5) is 27.2. The highest BCUT2D eigenvalue weighted by atomic mass is 35.5. The lowest BCUT2D eigenvalue weighted by molar-refractivity contribution is -0.133. The Morgan fingerprint density at radius 2 is 1.50 bits per heavy atom. The van der Waals surface area contributed by atoms with Gasteiger partial charge in [-0.3, -0.25) is 9.59 Å². The van der Waals surface area contributed by atoms with Crippen molar-refractivity contribution >= 4 is 23.4 Å². The molecule has 2 aromatic rings. The van der Waals surface area contributed by atoms with Crippen molar-refractivity contribution in [1.29, 1.82) is 0 Å². The molecule has 0 atom stereocenters. The first-order chi connectivity index (χ1) is 13.7. The summed E-state index contributed by atoms with van der Waals surface area (Å²) in [6.07, 6.45) is 2.73. The molecule has 148 valence electrons. The third-order valence-corrected chi connectivity index (χ3v) is 5.49. The molecule has 2 aromatic carbocycles. The van der Waals surface area contributed by atoms with Gasteiger partial charge in [0.2, 0.25) is 11.8 Å². The standard InChI is InChI=1S/C23H27ClN2O2/c24-15-7-12-21(27)25-20-13-16-26(17-14-20)23(28)22(18-8-3-1-4-9-18)19-10-5-2-6-11-19/h1-6,8-11,20,22H,7,12-17H2,(H,25,27). The second-order valence-electron chi connectivity index (χ2n) is 7.21. The van der Waals surface area contributed by atoms with E-state index in [0.29, 0.717) is 31.8 Å². The van der Waals surface area contributed by atoms with Crippen molar-refractivity contribution in [1.82, 2.24) is 10.2 Å².